The molecule has 2 unspecified atom stereocenters. The normalized spacial score (nSPS) is 23.5. The van der Waals surface area contributed by atoms with Crippen molar-refractivity contribution in [2.45, 2.75) is 31.6 Å². The van der Waals surface area contributed by atoms with Gasteiger partial charge >= 0.3 is 0 Å². The predicted octanol–water partition coefficient (Wildman–Crippen LogP) is 3.17. The van der Waals surface area contributed by atoms with E-state index < -0.39 is 0 Å². The quantitative estimate of drug-likeness (QED) is 0.814. The van der Waals surface area contributed by atoms with Crippen LogP contribution in [0.3, 0.4) is 0 Å². The fourth-order valence-electron chi connectivity index (χ4n) is 3.79. The Morgan fingerprint density at radius 3 is 2.46 bits per heavy atom. The molecule has 0 spiro atoms. The van der Waals surface area contributed by atoms with Crippen LogP contribution in [-0.4, -0.2) is 40.0 Å². The van der Waals surface area contributed by atoms with Gasteiger partial charge in [0, 0.05) is 48.9 Å². The molecule has 5 rings (SSSR count). The minimum absolute atomic E-state index is 0.648. The van der Waals surface area contributed by atoms with Crippen LogP contribution < -0.4 is 0 Å². The number of fused-ring (bicyclic) bond motifs is 2. The number of halogens is 1. The summed E-state index contributed by atoms with van der Waals surface area (Å²) in [6.07, 6.45) is 3.18. The Hall–Kier alpha value is -1.74. The minimum Gasteiger partial charge on any atom is -0.294 e. The van der Waals surface area contributed by atoms with Gasteiger partial charge in [-0.15, -0.1) is 0 Å². The first-order chi connectivity index (χ1) is 11.7. The van der Waals surface area contributed by atoms with E-state index in [1.165, 1.54) is 12.0 Å². The van der Waals surface area contributed by atoms with Gasteiger partial charge in [-0.1, -0.05) is 12.1 Å². The zero-order valence-electron chi connectivity index (χ0n) is 13.4. The molecular formula is C19H19BrN4. The van der Waals surface area contributed by atoms with E-state index in [0.717, 1.165) is 41.9 Å². The van der Waals surface area contributed by atoms with Crippen LogP contribution in [0.2, 0.25) is 0 Å². The van der Waals surface area contributed by atoms with Gasteiger partial charge in [0.2, 0.25) is 0 Å². The third kappa shape index (κ3) is 3.23. The molecule has 0 amide bonds. The van der Waals surface area contributed by atoms with Crippen molar-refractivity contribution in [3.63, 3.8) is 0 Å². The highest BCUT2D eigenvalue weighted by Crippen LogP contribution is 2.34. The van der Waals surface area contributed by atoms with Gasteiger partial charge in [-0.2, -0.15) is 5.26 Å². The van der Waals surface area contributed by atoms with Gasteiger partial charge in [-0.05, 0) is 52.2 Å². The molecule has 0 aliphatic carbocycles. The molecule has 122 valence electrons. The number of nitriles is 1. The first kappa shape index (κ1) is 15.8. The highest BCUT2D eigenvalue weighted by molar-refractivity contribution is 9.10. The van der Waals surface area contributed by atoms with E-state index in [4.69, 9.17) is 5.26 Å². The largest absolute Gasteiger partial charge is 0.294 e. The Labute approximate surface area is 150 Å². The lowest BCUT2D eigenvalue weighted by molar-refractivity contribution is -0.0777. The molecule has 3 aliphatic rings. The average Bonchev–Trinajstić information content (AvgIpc) is 2.62. The topological polar surface area (TPSA) is 43.2 Å². The highest BCUT2D eigenvalue weighted by Gasteiger charge is 2.44. The highest BCUT2D eigenvalue weighted by atomic mass is 79.9. The Bertz CT molecular complexity index is 738. The summed E-state index contributed by atoms with van der Waals surface area (Å²) in [6, 6.07) is 15.6. The lowest BCUT2D eigenvalue weighted by Gasteiger charge is -2.56. The van der Waals surface area contributed by atoms with Crippen LogP contribution in [0.1, 0.15) is 23.2 Å². The maximum absolute atomic E-state index is 8.89. The van der Waals surface area contributed by atoms with Gasteiger partial charge in [0.15, 0.2) is 0 Å². The molecule has 0 saturated carbocycles. The Kier molecular flexibility index (Phi) is 4.36. The van der Waals surface area contributed by atoms with Gasteiger partial charge in [-0.3, -0.25) is 14.8 Å². The summed E-state index contributed by atoms with van der Waals surface area (Å²) in [4.78, 5) is 9.61. The maximum atomic E-state index is 8.89. The van der Waals surface area contributed by atoms with E-state index >= 15 is 0 Å². The lowest BCUT2D eigenvalue weighted by atomic mass is 9.86. The van der Waals surface area contributed by atoms with Gasteiger partial charge in [0.25, 0.3) is 0 Å². The lowest BCUT2D eigenvalue weighted by Crippen LogP contribution is -2.67. The molecule has 1 aromatic carbocycles. The van der Waals surface area contributed by atoms with Crippen LogP contribution in [0.4, 0.5) is 0 Å². The second kappa shape index (κ2) is 6.64. The Morgan fingerprint density at radius 1 is 1.08 bits per heavy atom. The van der Waals surface area contributed by atoms with Crippen molar-refractivity contribution in [3.05, 3.63) is 63.9 Å². The molecule has 4 nitrogen and oxygen atoms in total. The molecule has 0 N–H and O–H groups in total. The third-order valence-corrected chi connectivity index (χ3v) is 5.51. The second-order valence-corrected chi connectivity index (χ2v) is 7.60. The van der Waals surface area contributed by atoms with Gasteiger partial charge in [0.1, 0.15) is 0 Å². The van der Waals surface area contributed by atoms with Crippen molar-refractivity contribution in [3.8, 4) is 6.07 Å². The van der Waals surface area contributed by atoms with E-state index in [1.807, 2.05) is 18.3 Å². The van der Waals surface area contributed by atoms with E-state index in [-0.39, 0.29) is 0 Å². The van der Waals surface area contributed by atoms with E-state index in [1.54, 1.807) is 0 Å². The maximum Gasteiger partial charge on any atom is 0.0991 e. The number of pyridine rings is 1. The summed E-state index contributed by atoms with van der Waals surface area (Å²) in [5.41, 5.74) is 3.17. The first-order valence-electron chi connectivity index (χ1n) is 8.29. The second-order valence-electron chi connectivity index (χ2n) is 6.69. The minimum atomic E-state index is 0.648. The van der Waals surface area contributed by atoms with Crippen LogP contribution in [0.5, 0.6) is 0 Å². The summed E-state index contributed by atoms with van der Waals surface area (Å²) in [5, 5.41) is 8.89. The predicted molar refractivity (Wildman–Crippen MR) is 96.1 cm³/mol. The molecule has 5 heteroatoms. The number of aromatic nitrogens is 1. The summed E-state index contributed by atoms with van der Waals surface area (Å²) >= 11 is 3.44. The molecule has 2 bridgehead atoms. The Balaban J connectivity index is 1.34. The molecule has 3 fully saturated rings. The molecular weight excluding hydrogens is 364 g/mol. The number of nitrogens with zero attached hydrogens (tertiary/aromatic N) is 4. The first-order valence-corrected chi connectivity index (χ1v) is 9.08. The van der Waals surface area contributed by atoms with Crippen molar-refractivity contribution < 1.29 is 0 Å². The van der Waals surface area contributed by atoms with Gasteiger partial charge in [-0.25, -0.2) is 0 Å². The molecule has 3 aliphatic heterocycles. The smallest absolute Gasteiger partial charge is 0.0991 e. The zero-order chi connectivity index (χ0) is 16.5. The average molecular weight is 383 g/mol. The standard InChI is InChI=1S/C19H19BrN4/c20-16-5-6-17(22-9-16)11-23-12-18-7-19(13-23)24(18)10-15-3-1-14(8-21)2-4-15/h1-6,9,18-19H,7,10-13H2. The van der Waals surface area contributed by atoms with Crippen LogP contribution in [-0.2, 0) is 13.1 Å². The number of hydrogen-bond donors (Lipinski definition) is 0. The number of benzene rings is 1. The van der Waals surface area contributed by atoms with Crippen molar-refractivity contribution in [2.75, 3.05) is 13.1 Å². The van der Waals surface area contributed by atoms with Crippen molar-refractivity contribution in [1.82, 2.24) is 14.8 Å². The van der Waals surface area contributed by atoms with Gasteiger partial charge < -0.3 is 0 Å². The van der Waals surface area contributed by atoms with Crippen LogP contribution >= 0.6 is 15.9 Å². The molecule has 2 atom stereocenters. The van der Waals surface area contributed by atoms with E-state index in [9.17, 15) is 0 Å². The third-order valence-electron chi connectivity index (χ3n) is 5.04. The molecule has 1 aromatic heterocycles. The fourth-order valence-corrected chi connectivity index (χ4v) is 4.02. The van der Waals surface area contributed by atoms with Crippen molar-refractivity contribution in [2.24, 2.45) is 0 Å². The van der Waals surface area contributed by atoms with Gasteiger partial charge in [0.05, 0.1) is 17.3 Å². The van der Waals surface area contributed by atoms with Crippen molar-refractivity contribution in [1.29, 1.82) is 5.26 Å². The van der Waals surface area contributed by atoms with Crippen molar-refractivity contribution >= 4 is 15.9 Å². The monoisotopic (exact) mass is 382 g/mol. The summed E-state index contributed by atoms with van der Waals surface area (Å²) in [7, 11) is 0. The Morgan fingerprint density at radius 2 is 1.83 bits per heavy atom. The molecule has 2 aromatic rings. The number of hydrogen-bond acceptors (Lipinski definition) is 4. The van der Waals surface area contributed by atoms with Crippen LogP contribution in [0, 0.1) is 11.3 Å². The zero-order valence-corrected chi connectivity index (χ0v) is 15.0. The summed E-state index contributed by atoms with van der Waals surface area (Å²) in [6.45, 7) is 4.16. The van der Waals surface area contributed by atoms with Crippen LogP contribution in [0.25, 0.3) is 0 Å². The fraction of sp³-hybridized carbons (Fsp3) is 0.368. The molecule has 24 heavy (non-hydrogen) atoms. The van der Waals surface area contributed by atoms with E-state index in [2.05, 4.69) is 61.0 Å². The van der Waals surface area contributed by atoms with E-state index in [0.29, 0.717) is 12.1 Å². The number of piperazine rings is 1. The van der Waals surface area contributed by atoms with Crippen LogP contribution in [0.15, 0.2) is 47.1 Å². The molecule has 0 radical (unpaired) electrons. The summed E-state index contributed by atoms with van der Waals surface area (Å²) < 4.78 is 1.03. The SMILES string of the molecule is N#Cc1ccc(CN2C3CC2CN(Cc2ccc(Br)cn2)C3)cc1. The summed E-state index contributed by atoms with van der Waals surface area (Å²) in [5.74, 6) is 0. The molecule has 3 saturated heterocycles. The number of rotatable bonds is 4. The number of piperidine rings is 1. The molecule has 4 heterocycles.